The van der Waals surface area contributed by atoms with E-state index in [4.69, 9.17) is 0 Å². The van der Waals surface area contributed by atoms with Gasteiger partial charge in [0.2, 0.25) is 0 Å². The molecule has 5 heteroatoms. The Balaban J connectivity index is 3.04. The van der Waals surface area contributed by atoms with Gasteiger partial charge in [-0.05, 0) is 23.6 Å². The Morgan fingerprint density at radius 1 is 1.31 bits per heavy atom. The molecule has 0 aromatic heterocycles. The summed E-state index contributed by atoms with van der Waals surface area (Å²) in [5, 5.41) is 0.660. The highest BCUT2D eigenvalue weighted by atomic mass is 79.9. The molecule has 0 bridgehead atoms. The zero-order valence-electron chi connectivity index (χ0n) is 9.20. The molecule has 1 aromatic carbocycles. The van der Waals surface area contributed by atoms with Crippen molar-refractivity contribution in [2.24, 2.45) is 5.41 Å². The molecule has 16 heavy (non-hydrogen) atoms. The van der Waals surface area contributed by atoms with Gasteiger partial charge in [-0.25, -0.2) is 8.42 Å². The van der Waals surface area contributed by atoms with Crippen molar-refractivity contribution in [1.29, 1.82) is 0 Å². The maximum atomic E-state index is 12.1. The molecule has 0 saturated carbocycles. The number of alkyl halides is 1. The molecular formula is C11H14Br2O2S. The fourth-order valence-corrected chi connectivity index (χ4v) is 4.20. The van der Waals surface area contributed by atoms with Gasteiger partial charge in [-0.2, -0.15) is 0 Å². The molecule has 0 amide bonds. The van der Waals surface area contributed by atoms with Crippen molar-refractivity contribution in [3.63, 3.8) is 0 Å². The monoisotopic (exact) mass is 368 g/mol. The van der Waals surface area contributed by atoms with Gasteiger partial charge in [0.25, 0.3) is 0 Å². The molecule has 0 unspecified atom stereocenters. The highest BCUT2D eigenvalue weighted by Crippen LogP contribution is 2.25. The summed E-state index contributed by atoms with van der Waals surface area (Å²) in [5.74, 6) is 0.141. The molecule has 0 N–H and O–H groups in total. The summed E-state index contributed by atoms with van der Waals surface area (Å²) in [6.45, 7) is 3.86. The summed E-state index contributed by atoms with van der Waals surface area (Å²) in [4.78, 5) is 0.371. The molecule has 0 fully saturated rings. The summed E-state index contributed by atoms with van der Waals surface area (Å²) < 4.78 is 25.0. The topological polar surface area (TPSA) is 34.1 Å². The second-order valence-electron chi connectivity index (χ2n) is 4.51. The van der Waals surface area contributed by atoms with Gasteiger partial charge in [0.15, 0.2) is 9.84 Å². The zero-order valence-corrected chi connectivity index (χ0v) is 13.2. The fourth-order valence-electron chi connectivity index (χ4n) is 1.30. The van der Waals surface area contributed by atoms with Crippen molar-refractivity contribution in [2.75, 3.05) is 11.1 Å². The minimum atomic E-state index is -3.21. The maximum absolute atomic E-state index is 12.1. The standard InChI is InChI=1S/C11H14Br2O2S/c1-11(2,7-12)8-16(14,15)10-5-3-4-9(13)6-10/h3-6H,7-8H2,1-2H3. The number of benzene rings is 1. The second kappa shape index (κ2) is 5.19. The molecule has 0 heterocycles. The molecule has 0 aliphatic heterocycles. The molecule has 0 aliphatic rings. The van der Waals surface area contributed by atoms with Gasteiger partial charge in [-0.3, -0.25) is 0 Å². The molecule has 0 saturated heterocycles. The Morgan fingerprint density at radius 3 is 2.44 bits per heavy atom. The molecule has 0 radical (unpaired) electrons. The lowest BCUT2D eigenvalue weighted by atomic mass is 10.0. The van der Waals surface area contributed by atoms with E-state index < -0.39 is 9.84 Å². The second-order valence-corrected chi connectivity index (χ2v) is 7.98. The maximum Gasteiger partial charge on any atom is 0.178 e. The van der Waals surface area contributed by atoms with Gasteiger partial charge in [0.1, 0.15) is 0 Å². The predicted molar refractivity (Wildman–Crippen MR) is 73.8 cm³/mol. The first-order chi connectivity index (χ1) is 7.27. The summed E-state index contributed by atoms with van der Waals surface area (Å²) in [5.41, 5.74) is -0.263. The van der Waals surface area contributed by atoms with Gasteiger partial charge in [-0.15, -0.1) is 0 Å². The Labute approximate surface area is 114 Å². The van der Waals surface area contributed by atoms with Crippen molar-refractivity contribution in [3.8, 4) is 0 Å². The number of halogens is 2. The molecule has 1 aromatic rings. The van der Waals surface area contributed by atoms with Crippen LogP contribution in [0.1, 0.15) is 13.8 Å². The molecule has 0 atom stereocenters. The molecule has 0 spiro atoms. The van der Waals surface area contributed by atoms with Crippen LogP contribution in [0.2, 0.25) is 0 Å². The van der Waals surface area contributed by atoms with Crippen LogP contribution in [0.25, 0.3) is 0 Å². The van der Waals surface area contributed by atoms with Gasteiger partial charge < -0.3 is 0 Å². The average Bonchev–Trinajstić information content (AvgIpc) is 2.16. The lowest BCUT2D eigenvalue weighted by Crippen LogP contribution is -2.25. The summed E-state index contributed by atoms with van der Waals surface area (Å²) >= 11 is 6.61. The van der Waals surface area contributed by atoms with E-state index in [-0.39, 0.29) is 11.2 Å². The smallest absolute Gasteiger partial charge is 0.178 e. The van der Waals surface area contributed by atoms with Crippen LogP contribution in [-0.4, -0.2) is 19.5 Å². The highest BCUT2D eigenvalue weighted by Gasteiger charge is 2.26. The van der Waals surface area contributed by atoms with Gasteiger partial charge in [-0.1, -0.05) is 51.8 Å². The SMILES string of the molecule is CC(C)(CBr)CS(=O)(=O)c1cccc(Br)c1. The van der Waals surface area contributed by atoms with Crippen molar-refractivity contribution in [1.82, 2.24) is 0 Å². The van der Waals surface area contributed by atoms with Crippen molar-refractivity contribution < 1.29 is 8.42 Å². The lowest BCUT2D eigenvalue weighted by molar-refractivity contribution is 0.475. The first-order valence-electron chi connectivity index (χ1n) is 4.81. The molecule has 2 nitrogen and oxygen atoms in total. The van der Waals surface area contributed by atoms with E-state index in [0.29, 0.717) is 10.2 Å². The van der Waals surface area contributed by atoms with E-state index in [2.05, 4.69) is 31.9 Å². The third-order valence-electron chi connectivity index (χ3n) is 2.10. The summed E-state index contributed by atoms with van der Waals surface area (Å²) in [6, 6.07) is 6.82. The minimum Gasteiger partial charge on any atom is -0.224 e. The Hall–Kier alpha value is 0.130. The minimum absolute atomic E-state index is 0.141. The van der Waals surface area contributed by atoms with Gasteiger partial charge >= 0.3 is 0 Å². The van der Waals surface area contributed by atoms with Crippen LogP contribution in [-0.2, 0) is 9.84 Å². The fraction of sp³-hybridized carbons (Fsp3) is 0.455. The third kappa shape index (κ3) is 3.86. The average molecular weight is 370 g/mol. The van der Waals surface area contributed by atoms with Crippen molar-refractivity contribution in [3.05, 3.63) is 28.7 Å². The third-order valence-corrected chi connectivity index (χ3v) is 6.24. The Kier molecular flexibility index (Phi) is 4.60. The quantitative estimate of drug-likeness (QED) is 0.759. The van der Waals surface area contributed by atoms with E-state index in [1.165, 1.54) is 0 Å². The zero-order chi connectivity index (χ0) is 12.4. The molecular weight excluding hydrogens is 356 g/mol. The Morgan fingerprint density at radius 2 is 1.94 bits per heavy atom. The number of hydrogen-bond acceptors (Lipinski definition) is 2. The van der Waals surface area contributed by atoms with Crippen LogP contribution in [0.4, 0.5) is 0 Å². The first-order valence-corrected chi connectivity index (χ1v) is 8.38. The van der Waals surface area contributed by atoms with E-state index in [1.54, 1.807) is 18.2 Å². The van der Waals surface area contributed by atoms with Crippen LogP contribution in [0.5, 0.6) is 0 Å². The lowest BCUT2D eigenvalue weighted by Gasteiger charge is -2.21. The largest absolute Gasteiger partial charge is 0.224 e. The van der Waals surface area contributed by atoms with Gasteiger partial charge in [0.05, 0.1) is 10.6 Å². The number of hydrogen-bond donors (Lipinski definition) is 0. The van der Waals surface area contributed by atoms with Crippen LogP contribution in [0.3, 0.4) is 0 Å². The number of rotatable bonds is 4. The Bertz CT molecular complexity index is 467. The van der Waals surface area contributed by atoms with Crippen molar-refractivity contribution in [2.45, 2.75) is 18.7 Å². The van der Waals surface area contributed by atoms with Crippen LogP contribution in [0.15, 0.2) is 33.6 Å². The number of sulfone groups is 1. The molecule has 1 rings (SSSR count). The van der Waals surface area contributed by atoms with E-state index in [1.807, 2.05) is 19.9 Å². The molecule has 90 valence electrons. The van der Waals surface area contributed by atoms with E-state index >= 15 is 0 Å². The summed E-state index contributed by atoms with van der Waals surface area (Å²) in [7, 11) is -3.21. The van der Waals surface area contributed by atoms with Gasteiger partial charge in [0, 0.05) is 9.80 Å². The van der Waals surface area contributed by atoms with Crippen LogP contribution < -0.4 is 0 Å². The molecule has 0 aliphatic carbocycles. The first kappa shape index (κ1) is 14.2. The van der Waals surface area contributed by atoms with E-state index in [0.717, 1.165) is 4.47 Å². The van der Waals surface area contributed by atoms with Crippen molar-refractivity contribution >= 4 is 41.7 Å². The highest BCUT2D eigenvalue weighted by molar-refractivity contribution is 9.10. The van der Waals surface area contributed by atoms with Crippen LogP contribution in [0, 0.1) is 5.41 Å². The van der Waals surface area contributed by atoms with Crippen LogP contribution >= 0.6 is 31.9 Å². The van der Waals surface area contributed by atoms with E-state index in [9.17, 15) is 8.42 Å². The summed E-state index contributed by atoms with van der Waals surface area (Å²) in [6.07, 6.45) is 0. The normalized spacial score (nSPS) is 12.8. The predicted octanol–water partition coefficient (Wildman–Crippen LogP) is 3.64.